The lowest BCUT2D eigenvalue weighted by atomic mass is 9.74. The van der Waals surface area contributed by atoms with Crippen LogP contribution in [0.25, 0.3) is 11.5 Å². The van der Waals surface area contributed by atoms with Gasteiger partial charge in [-0.3, -0.25) is 9.59 Å². The third-order valence-electron chi connectivity index (χ3n) is 5.98. The zero-order valence-corrected chi connectivity index (χ0v) is 20.0. The lowest BCUT2D eigenvalue weighted by Crippen LogP contribution is -2.54. The van der Waals surface area contributed by atoms with Crippen molar-refractivity contribution in [1.29, 1.82) is 0 Å². The number of ether oxygens (including phenoxy) is 1. The minimum atomic E-state index is -1.06. The predicted molar refractivity (Wildman–Crippen MR) is 126 cm³/mol. The maximum absolute atomic E-state index is 13.2. The number of hydrogen-bond donors (Lipinski definition) is 0. The van der Waals surface area contributed by atoms with E-state index in [1.807, 2.05) is 36.4 Å². The van der Waals surface area contributed by atoms with Gasteiger partial charge in [-0.15, -0.1) is 10.2 Å². The number of methoxy groups -OCH3 is 1. The van der Waals surface area contributed by atoms with Crippen LogP contribution in [0.3, 0.4) is 0 Å². The Morgan fingerprint density at radius 3 is 2.70 bits per heavy atom. The fraction of sp³-hybridized carbons (Fsp3) is 0.333. The van der Waals surface area contributed by atoms with E-state index in [0.717, 1.165) is 24.6 Å². The number of para-hydroxylation sites is 1. The van der Waals surface area contributed by atoms with Crippen LogP contribution in [0.5, 0.6) is 5.75 Å². The third-order valence-corrected chi connectivity index (χ3v) is 7.12. The fourth-order valence-corrected chi connectivity index (χ4v) is 5.23. The summed E-state index contributed by atoms with van der Waals surface area (Å²) in [5, 5.41) is 8.87. The molecule has 0 radical (unpaired) electrons. The molecule has 33 heavy (non-hydrogen) atoms. The van der Waals surface area contributed by atoms with Gasteiger partial charge in [-0.2, -0.15) is 0 Å². The van der Waals surface area contributed by atoms with Gasteiger partial charge >= 0.3 is 0 Å². The lowest BCUT2D eigenvalue weighted by Gasteiger charge is -2.44. The number of carbonyl (C=O) groups excluding carboxylic acids is 2. The minimum absolute atomic E-state index is 0.0129. The van der Waals surface area contributed by atoms with E-state index in [4.69, 9.17) is 20.8 Å². The van der Waals surface area contributed by atoms with E-state index in [0.29, 0.717) is 40.6 Å². The number of benzene rings is 2. The average Bonchev–Trinajstić information content (AvgIpc) is 3.32. The molecule has 1 aliphatic carbocycles. The highest BCUT2D eigenvalue weighted by Crippen LogP contribution is 2.42. The number of thioether (sulfide) groups is 1. The van der Waals surface area contributed by atoms with E-state index in [2.05, 4.69) is 10.2 Å². The van der Waals surface area contributed by atoms with Gasteiger partial charge in [0.05, 0.1) is 18.4 Å². The Hall–Kier alpha value is -2.84. The first-order valence-electron chi connectivity index (χ1n) is 10.6. The molecule has 1 aromatic heterocycles. The number of carbonyl (C=O) groups is 2. The van der Waals surface area contributed by atoms with Crippen molar-refractivity contribution in [2.45, 2.75) is 36.4 Å². The van der Waals surface area contributed by atoms with Gasteiger partial charge in [-0.05, 0) is 37.5 Å². The van der Waals surface area contributed by atoms with E-state index in [9.17, 15) is 9.59 Å². The quantitative estimate of drug-likeness (QED) is 0.436. The predicted octanol–water partition coefficient (Wildman–Crippen LogP) is 4.99. The molecule has 0 N–H and O–H groups in total. The van der Waals surface area contributed by atoms with Crippen molar-refractivity contribution in [1.82, 2.24) is 15.1 Å². The van der Waals surface area contributed by atoms with Crippen molar-refractivity contribution in [2.24, 2.45) is 0 Å². The molecule has 1 fully saturated rings. The fourth-order valence-electron chi connectivity index (χ4n) is 4.26. The molecule has 0 spiro atoms. The topological polar surface area (TPSA) is 85.5 Å². The smallest absolute Gasteiger partial charge is 0.277 e. The van der Waals surface area contributed by atoms with Crippen molar-refractivity contribution in [3.63, 3.8) is 0 Å². The van der Waals surface area contributed by atoms with Crippen molar-refractivity contribution in [3.05, 3.63) is 59.1 Å². The molecule has 1 heterocycles. The molecular formula is C24H24ClN3O4S. The third kappa shape index (κ3) is 4.50. The maximum Gasteiger partial charge on any atom is 0.277 e. The lowest BCUT2D eigenvalue weighted by molar-refractivity contribution is -0.146. The number of ketones is 1. The summed E-state index contributed by atoms with van der Waals surface area (Å²) in [6, 6.07) is 14.6. The molecule has 0 unspecified atom stereocenters. The van der Waals surface area contributed by atoms with Crippen LogP contribution in [0.4, 0.5) is 0 Å². The normalized spacial score (nSPS) is 18.2. The second kappa shape index (κ2) is 9.97. The van der Waals surface area contributed by atoms with Crippen molar-refractivity contribution < 1.29 is 18.7 Å². The number of Topliss-reactive ketones (excluding diaryl/α,β-unsaturated/α-hetero) is 1. The Bertz CT molecular complexity index is 1170. The first kappa shape index (κ1) is 23.3. The van der Waals surface area contributed by atoms with Crippen molar-refractivity contribution >= 4 is 35.1 Å². The molecule has 172 valence electrons. The summed E-state index contributed by atoms with van der Waals surface area (Å²) in [4.78, 5) is 28.0. The first-order chi connectivity index (χ1) is 16.0. The van der Waals surface area contributed by atoms with Crippen LogP contribution >= 0.6 is 23.4 Å². The Labute approximate surface area is 201 Å². The van der Waals surface area contributed by atoms with Gasteiger partial charge in [-0.25, -0.2) is 0 Å². The van der Waals surface area contributed by atoms with Gasteiger partial charge in [-0.1, -0.05) is 53.7 Å². The highest BCUT2D eigenvalue weighted by Gasteiger charge is 2.47. The van der Waals surface area contributed by atoms with Crippen LogP contribution in [0.2, 0.25) is 5.02 Å². The molecule has 1 saturated carbocycles. The van der Waals surface area contributed by atoms with Crippen molar-refractivity contribution in [2.75, 3.05) is 19.9 Å². The van der Waals surface area contributed by atoms with E-state index < -0.39 is 5.54 Å². The number of halogens is 1. The van der Waals surface area contributed by atoms with Gasteiger partial charge in [0, 0.05) is 24.1 Å². The number of amides is 1. The van der Waals surface area contributed by atoms with Crippen LogP contribution in [0, 0.1) is 0 Å². The van der Waals surface area contributed by atoms with Gasteiger partial charge in [0.2, 0.25) is 5.91 Å². The number of hydrogen-bond acceptors (Lipinski definition) is 7. The molecular weight excluding hydrogens is 462 g/mol. The second-order valence-electron chi connectivity index (χ2n) is 7.79. The SMILES string of the molecule is COc1ccccc1-c1nnc(SCC(=O)N(C)[C@]2(c3ccccc3Cl)CCCCC2=O)o1. The molecule has 2 aromatic carbocycles. The number of aromatic nitrogens is 2. The van der Waals surface area contributed by atoms with Crippen LogP contribution in [-0.2, 0) is 15.1 Å². The molecule has 1 atom stereocenters. The highest BCUT2D eigenvalue weighted by atomic mass is 35.5. The van der Waals surface area contributed by atoms with Crippen LogP contribution in [-0.4, -0.2) is 46.7 Å². The molecule has 0 aliphatic heterocycles. The summed E-state index contributed by atoms with van der Waals surface area (Å²) in [6.07, 6.45) is 2.62. The summed E-state index contributed by atoms with van der Waals surface area (Å²) < 4.78 is 11.1. The van der Waals surface area contributed by atoms with Gasteiger partial charge in [0.1, 0.15) is 11.3 Å². The molecule has 1 amide bonds. The van der Waals surface area contributed by atoms with Gasteiger partial charge in [0.15, 0.2) is 5.78 Å². The molecule has 0 bridgehead atoms. The van der Waals surface area contributed by atoms with E-state index in [1.54, 1.807) is 31.2 Å². The zero-order valence-electron chi connectivity index (χ0n) is 18.4. The Kier molecular flexibility index (Phi) is 7.05. The standard InChI is InChI=1S/C24H24ClN3O4S/c1-28(24(14-8-7-13-20(24)29)17-10-4-5-11-18(17)25)21(30)15-33-23-27-26-22(32-23)16-9-3-6-12-19(16)31-2/h3-6,9-12H,7-8,13-15H2,1-2H3/t24-/m0/s1. The monoisotopic (exact) mass is 485 g/mol. The van der Waals surface area contributed by atoms with Crippen LogP contribution in [0.1, 0.15) is 31.2 Å². The average molecular weight is 486 g/mol. The second-order valence-corrected chi connectivity index (χ2v) is 9.12. The molecule has 1 aliphatic rings. The van der Waals surface area contributed by atoms with E-state index >= 15 is 0 Å². The van der Waals surface area contributed by atoms with E-state index in [-0.39, 0.29) is 22.7 Å². The first-order valence-corrected chi connectivity index (χ1v) is 12.0. The van der Waals surface area contributed by atoms with Crippen LogP contribution in [0.15, 0.2) is 58.2 Å². The molecule has 9 heteroatoms. The zero-order chi connectivity index (χ0) is 23.4. The van der Waals surface area contributed by atoms with Crippen molar-refractivity contribution in [3.8, 4) is 17.2 Å². The summed E-state index contributed by atoms with van der Waals surface area (Å²) in [5.74, 6) is 0.770. The highest BCUT2D eigenvalue weighted by molar-refractivity contribution is 7.99. The van der Waals surface area contributed by atoms with Crippen LogP contribution < -0.4 is 4.74 Å². The number of likely N-dealkylation sites (N-methyl/N-ethyl adjacent to an activating group) is 1. The summed E-state index contributed by atoms with van der Waals surface area (Å²) in [7, 11) is 3.24. The Morgan fingerprint density at radius 2 is 1.94 bits per heavy atom. The molecule has 4 rings (SSSR count). The largest absolute Gasteiger partial charge is 0.496 e. The summed E-state index contributed by atoms with van der Waals surface area (Å²) >= 11 is 7.61. The number of nitrogens with zero attached hydrogens (tertiary/aromatic N) is 3. The number of rotatable bonds is 7. The maximum atomic E-state index is 13.2. The summed E-state index contributed by atoms with van der Waals surface area (Å²) in [5.41, 5.74) is 0.285. The Morgan fingerprint density at radius 1 is 1.18 bits per heavy atom. The minimum Gasteiger partial charge on any atom is -0.496 e. The van der Waals surface area contributed by atoms with Gasteiger partial charge in [0.25, 0.3) is 11.1 Å². The summed E-state index contributed by atoms with van der Waals surface area (Å²) in [6.45, 7) is 0. The van der Waals surface area contributed by atoms with E-state index in [1.165, 1.54) is 0 Å². The molecule has 0 saturated heterocycles. The Balaban J connectivity index is 1.53. The van der Waals surface area contributed by atoms with Gasteiger partial charge < -0.3 is 14.1 Å². The molecule has 7 nitrogen and oxygen atoms in total. The molecule has 3 aromatic rings.